The van der Waals surface area contributed by atoms with E-state index in [0.29, 0.717) is 19.6 Å². The van der Waals surface area contributed by atoms with Crippen LogP contribution in [0, 0.1) is 5.92 Å². The first kappa shape index (κ1) is 22.2. The molecule has 0 radical (unpaired) electrons. The summed E-state index contributed by atoms with van der Waals surface area (Å²) in [5, 5.41) is 8.84. The fourth-order valence-corrected chi connectivity index (χ4v) is 4.13. The van der Waals surface area contributed by atoms with Gasteiger partial charge in [0.1, 0.15) is 0 Å². The fourth-order valence-electron chi connectivity index (χ4n) is 4.13. The quantitative estimate of drug-likeness (QED) is 0.668. The van der Waals surface area contributed by atoms with E-state index in [1.165, 1.54) is 0 Å². The molecular formula is C25H33N5O2. The number of anilines is 1. The van der Waals surface area contributed by atoms with E-state index in [9.17, 15) is 9.59 Å². The van der Waals surface area contributed by atoms with Crippen LogP contribution in [0.15, 0.2) is 42.5 Å². The van der Waals surface area contributed by atoms with E-state index in [0.717, 1.165) is 49.3 Å². The second-order valence-corrected chi connectivity index (χ2v) is 8.86. The van der Waals surface area contributed by atoms with Gasteiger partial charge >= 0.3 is 0 Å². The zero-order valence-electron chi connectivity index (χ0n) is 19.1. The van der Waals surface area contributed by atoms with Crippen molar-refractivity contribution in [2.45, 2.75) is 45.6 Å². The third-order valence-electron chi connectivity index (χ3n) is 6.53. The Labute approximate surface area is 190 Å². The van der Waals surface area contributed by atoms with Crippen LogP contribution in [0.1, 0.15) is 39.5 Å². The van der Waals surface area contributed by atoms with Gasteiger partial charge in [-0.15, -0.1) is 10.2 Å². The van der Waals surface area contributed by atoms with Gasteiger partial charge in [0.05, 0.1) is 12.2 Å². The third kappa shape index (κ3) is 5.26. The second kappa shape index (κ2) is 10.1. The summed E-state index contributed by atoms with van der Waals surface area (Å²) >= 11 is 0. The zero-order chi connectivity index (χ0) is 22.5. The Morgan fingerprint density at radius 3 is 2.47 bits per heavy atom. The number of carbonyl (C=O) groups is 2. The fraction of sp³-hybridized carbons (Fsp3) is 0.520. The SMILES string of the molecule is CC[C@H](C)N(CC(=O)N1CCCN(c2ccc(-c3ccccc3)nn2)CC1)C(=O)C1CC1. The van der Waals surface area contributed by atoms with Gasteiger partial charge in [-0.05, 0) is 44.7 Å². The van der Waals surface area contributed by atoms with Gasteiger partial charge in [0.25, 0.3) is 0 Å². The number of benzene rings is 1. The highest BCUT2D eigenvalue weighted by Gasteiger charge is 2.36. The summed E-state index contributed by atoms with van der Waals surface area (Å²) in [5.74, 6) is 1.17. The van der Waals surface area contributed by atoms with Crippen LogP contribution in [0.25, 0.3) is 11.3 Å². The molecule has 2 aromatic rings. The van der Waals surface area contributed by atoms with Crippen molar-refractivity contribution < 1.29 is 9.59 Å². The van der Waals surface area contributed by atoms with E-state index in [1.807, 2.05) is 54.3 Å². The predicted octanol–water partition coefficient (Wildman–Crippen LogP) is 3.22. The monoisotopic (exact) mass is 435 g/mol. The molecular weight excluding hydrogens is 402 g/mol. The van der Waals surface area contributed by atoms with Crippen molar-refractivity contribution in [2.75, 3.05) is 37.6 Å². The first-order valence-electron chi connectivity index (χ1n) is 11.8. The highest BCUT2D eigenvalue weighted by molar-refractivity contribution is 5.87. The molecule has 2 fully saturated rings. The van der Waals surface area contributed by atoms with Gasteiger partial charge in [-0.2, -0.15) is 0 Å². The molecule has 32 heavy (non-hydrogen) atoms. The molecule has 1 aliphatic heterocycles. The van der Waals surface area contributed by atoms with Crippen LogP contribution in [-0.4, -0.2) is 70.6 Å². The van der Waals surface area contributed by atoms with Gasteiger partial charge in [-0.25, -0.2) is 0 Å². The molecule has 7 nitrogen and oxygen atoms in total. The molecule has 1 aliphatic carbocycles. The lowest BCUT2D eigenvalue weighted by molar-refractivity contribution is -0.143. The minimum absolute atomic E-state index is 0.0478. The molecule has 0 spiro atoms. The molecule has 1 saturated carbocycles. The van der Waals surface area contributed by atoms with Crippen molar-refractivity contribution in [3.63, 3.8) is 0 Å². The van der Waals surface area contributed by atoms with Crippen molar-refractivity contribution in [3.8, 4) is 11.3 Å². The molecule has 4 rings (SSSR count). The highest BCUT2D eigenvalue weighted by atomic mass is 16.2. The summed E-state index contributed by atoms with van der Waals surface area (Å²) in [7, 11) is 0. The molecule has 1 aromatic heterocycles. The average molecular weight is 436 g/mol. The Kier molecular flexibility index (Phi) is 7.02. The van der Waals surface area contributed by atoms with Crippen LogP contribution in [-0.2, 0) is 9.59 Å². The minimum atomic E-state index is 0.0478. The van der Waals surface area contributed by atoms with E-state index in [-0.39, 0.29) is 30.3 Å². The van der Waals surface area contributed by atoms with Crippen LogP contribution in [0.4, 0.5) is 5.82 Å². The van der Waals surface area contributed by atoms with E-state index >= 15 is 0 Å². The van der Waals surface area contributed by atoms with Crippen molar-refractivity contribution in [3.05, 3.63) is 42.5 Å². The lowest BCUT2D eigenvalue weighted by atomic mass is 10.1. The van der Waals surface area contributed by atoms with Crippen LogP contribution < -0.4 is 4.90 Å². The van der Waals surface area contributed by atoms with E-state index in [1.54, 1.807) is 4.90 Å². The summed E-state index contributed by atoms with van der Waals surface area (Å²) in [4.78, 5) is 31.6. The maximum atomic E-state index is 13.1. The molecule has 7 heteroatoms. The Bertz CT molecular complexity index is 914. The number of hydrogen-bond acceptors (Lipinski definition) is 5. The number of carbonyl (C=O) groups excluding carboxylic acids is 2. The number of amides is 2. The number of aromatic nitrogens is 2. The summed E-state index contributed by atoms with van der Waals surface area (Å²) in [5.41, 5.74) is 1.90. The van der Waals surface area contributed by atoms with Gasteiger partial charge in [-0.3, -0.25) is 9.59 Å². The lowest BCUT2D eigenvalue weighted by Gasteiger charge is -2.31. The van der Waals surface area contributed by atoms with Crippen molar-refractivity contribution in [1.29, 1.82) is 0 Å². The van der Waals surface area contributed by atoms with Gasteiger partial charge in [-0.1, -0.05) is 37.3 Å². The van der Waals surface area contributed by atoms with Crippen LogP contribution in [0.2, 0.25) is 0 Å². The molecule has 170 valence electrons. The lowest BCUT2D eigenvalue weighted by Crippen LogP contribution is -2.47. The van der Waals surface area contributed by atoms with E-state index in [2.05, 4.69) is 22.0 Å². The summed E-state index contributed by atoms with van der Waals surface area (Å²) in [6, 6.07) is 14.1. The molecule has 2 heterocycles. The summed E-state index contributed by atoms with van der Waals surface area (Å²) < 4.78 is 0. The molecule has 0 unspecified atom stereocenters. The Balaban J connectivity index is 1.36. The standard InChI is InChI=1S/C25H33N5O2/c1-3-19(2)30(25(32)21-10-11-21)18-24(31)29-15-7-14-28(16-17-29)23-13-12-22(26-27-23)20-8-5-4-6-9-20/h4-6,8-9,12-13,19,21H,3,7,10-11,14-18H2,1-2H3/t19-/m0/s1. The molecule has 0 bridgehead atoms. The molecule has 2 amide bonds. The largest absolute Gasteiger partial charge is 0.353 e. The van der Waals surface area contributed by atoms with E-state index < -0.39 is 0 Å². The van der Waals surface area contributed by atoms with Crippen molar-refractivity contribution >= 4 is 17.6 Å². The van der Waals surface area contributed by atoms with Crippen LogP contribution >= 0.6 is 0 Å². The Morgan fingerprint density at radius 2 is 1.81 bits per heavy atom. The Hall–Kier alpha value is -2.96. The number of hydrogen-bond donors (Lipinski definition) is 0. The number of rotatable bonds is 7. The first-order chi connectivity index (χ1) is 15.6. The highest BCUT2D eigenvalue weighted by Crippen LogP contribution is 2.32. The predicted molar refractivity (Wildman–Crippen MR) is 125 cm³/mol. The number of nitrogens with zero attached hydrogens (tertiary/aromatic N) is 5. The van der Waals surface area contributed by atoms with E-state index in [4.69, 9.17) is 0 Å². The molecule has 1 atom stereocenters. The third-order valence-corrected chi connectivity index (χ3v) is 6.53. The van der Waals surface area contributed by atoms with Gasteiger partial charge < -0.3 is 14.7 Å². The molecule has 2 aliphatic rings. The molecule has 1 aromatic carbocycles. The maximum absolute atomic E-state index is 13.1. The first-order valence-corrected chi connectivity index (χ1v) is 11.8. The Morgan fingerprint density at radius 1 is 1.03 bits per heavy atom. The average Bonchev–Trinajstić information content (AvgIpc) is 3.69. The summed E-state index contributed by atoms with van der Waals surface area (Å²) in [6.07, 6.45) is 3.65. The van der Waals surface area contributed by atoms with Crippen LogP contribution in [0.5, 0.6) is 0 Å². The van der Waals surface area contributed by atoms with Crippen molar-refractivity contribution in [1.82, 2.24) is 20.0 Å². The molecule has 1 saturated heterocycles. The van der Waals surface area contributed by atoms with Crippen molar-refractivity contribution in [2.24, 2.45) is 5.92 Å². The van der Waals surface area contributed by atoms with Gasteiger partial charge in [0.15, 0.2) is 5.82 Å². The van der Waals surface area contributed by atoms with Gasteiger partial charge in [0.2, 0.25) is 11.8 Å². The minimum Gasteiger partial charge on any atom is -0.353 e. The van der Waals surface area contributed by atoms with Gasteiger partial charge in [0, 0.05) is 43.7 Å². The normalized spacial score (nSPS) is 17.6. The molecule has 0 N–H and O–H groups in total. The summed E-state index contributed by atoms with van der Waals surface area (Å²) in [6.45, 7) is 7.18. The topological polar surface area (TPSA) is 69.6 Å². The maximum Gasteiger partial charge on any atom is 0.242 e. The second-order valence-electron chi connectivity index (χ2n) is 8.86. The smallest absolute Gasteiger partial charge is 0.242 e. The zero-order valence-corrected chi connectivity index (χ0v) is 19.1. The van der Waals surface area contributed by atoms with Crippen LogP contribution in [0.3, 0.4) is 0 Å².